The van der Waals surface area contributed by atoms with Crippen molar-refractivity contribution in [1.82, 2.24) is 5.43 Å². The smallest absolute Gasteiger partial charge is 0.344 e. The van der Waals surface area contributed by atoms with Crippen LogP contribution < -0.4 is 25.0 Å². The van der Waals surface area contributed by atoms with Crippen molar-refractivity contribution in [2.24, 2.45) is 5.10 Å². The Morgan fingerprint density at radius 2 is 1.90 bits per heavy atom. The average molecular weight is 401 g/mol. The molecule has 0 saturated heterocycles. The lowest BCUT2D eigenvalue weighted by Crippen LogP contribution is -2.24. The van der Waals surface area contributed by atoms with Crippen LogP contribution in [0, 0.1) is 0 Å². The van der Waals surface area contributed by atoms with E-state index in [1.165, 1.54) is 20.2 Å². The Morgan fingerprint density at radius 1 is 1.17 bits per heavy atom. The van der Waals surface area contributed by atoms with Crippen LogP contribution in [0.15, 0.2) is 47.6 Å². The highest BCUT2D eigenvalue weighted by Crippen LogP contribution is 2.28. The van der Waals surface area contributed by atoms with Crippen LogP contribution in [-0.2, 0) is 4.79 Å². The zero-order valence-corrected chi connectivity index (χ0v) is 16.3. The zero-order valence-electron chi connectivity index (χ0n) is 16.3. The van der Waals surface area contributed by atoms with E-state index in [9.17, 15) is 9.59 Å². The number of hydrogen-bond donors (Lipinski definition) is 3. The molecule has 0 spiro atoms. The summed E-state index contributed by atoms with van der Waals surface area (Å²) in [5, 5.41) is 15.5. The minimum absolute atomic E-state index is 0.292. The van der Waals surface area contributed by atoms with Crippen molar-refractivity contribution in [1.29, 1.82) is 0 Å². The summed E-state index contributed by atoms with van der Waals surface area (Å²) >= 11 is 0. The first-order valence-corrected chi connectivity index (χ1v) is 8.83. The maximum atomic E-state index is 11.9. The van der Waals surface area contributed by atoms with Crippen molar-refractivity contribution in [3.05, 3.63) is 48.0 Å². The van der Waals surface area contributed by atoms with Crippen molar-refractivity contribution in [2.75, 3.05) is 19.0 Å². The Labute approximate surface area is 168 Å². The fourth-order valence-corrected chi connectivity index (χ4v) is 2.23. The third-order valence-corrected chi connectivity index (χ3v) is 3.64. The summed E-state index contributed by atoms with van der Waals surface area (Å²) in [5.74, 6) is 0.276. The van der Waals surface area contributed by atoms with Gasteiger partial charge in [0.1, 0.15) is 5.75 Å². The average Bonchev–Trinajstić information content (AvgIpc) is 2.70. The first-order valence-electron chi connectivity index (χ1n) is 8.83. The Bertz CT molecular complexity index is 867. The molecule has 2 amide bonds. The van der Waals surface area contributed by atoms with Crippen LogP contribution >= 0.6 is 0 Å². The van der Waals surface area contributed by atoms with Crippen molar-refractivity contribution in [2.45, 2.75) is 20.0 Å². The van der Waals surface area contributed by atoms with Gasteiger partial charge < -0.3 is 24.6 Å². The van der Waals surface area contributed by atoms with E-state index in [1.807, 2.05) is 6.92 Å². The molecule has 29 heavy (non-hydrogen) atoms. The van der Waals surface area contributed by atoms with Gasteiger partial charge in [0.2, 0.25) is 0 Å². The molecule has 154 valence electrons. The molecule has 2 rings (SSSR count). The van der Waals surface area contributed by atoms with E-state index >= 15 is 0 Å². The van der Waals surface area contributed by atoms with Crippen molar-refractivity contribution >= 4 is 23.9 Å². The SMILES string of the molecule is CCOc1ccc(NC(=O)N/N=C/c2ccc(O[C@H](C)C(=O)O)c(OC)c2)cc1. The molecule has 9 nitrogen and oxygen atoms in total. The lowest BCUT2D eigenvalue weighted by molar-refractivity contribution is -0.144. The van der Waals surface area contributed by atoms with Gasteiger partial charge in [-0.25, -0.2) is 15.0 Å². The summed E-state index contributed by atoms with van der Waals surface area (Å²) in [7, 11) is 1.44. The van der Waals surface area contributed by atoms with Crippen molar-refractivity contribution in [3.8, 4) is 17.2 Å². The fourth-order valence-electron chi connectivity index (χ4n) is 2.23. The van der Waals surface area contributed by atoms with Crippen LogP contribution in [0.5, 0.6) is 17.2 Å². The molecular weight excluding hydrogens is 378 g/mol. The van der Waals surface area contributed by atoms with Crippen molar-refractivity contribution < 1.29 is 28.9 Å². The predicted molar refractivity (Wildman–Crippen MR) is 108 cm³/mol. The lowest BCUT2D eigenvalue weighted by Gasteiger charge is -2.14. The molecule has 2 aromatic rings. The highest BCUT2D eigenvalue weighted by molar-refractivity contribution is 5.90. The number of urea groups is 1. The van der Waals surface area contributed by atoms with Gasteiger partial charge >= 0.3 is 12.0 Å². The molecule has 0 fully saturated rings. The summed E-state index contributed by atoms with van der Waals surface area (Å²) in [4.78, 5) is 22.8. The lowest BCUT2D eigenvalue weighted by atomic mass is 10.2. The number of carbonyl (C=O) groups excluding carboxylic acids is 1. The molecule has 3 N–H and O–H groups in total. The van der Waals surface area contributed by atoms with Gasteiger partial charge in [0.05, 0.1) is 19.9 Å². The second kappa shape index (κ2) is 10.5. The Morgan fingerprint density at radius 3 is 2.52 bits per heavy atom. The molecule has 0 aliphatic heterocycles. The topological polar surface area (TPSA) is 118 Å². The molecule has 0 heterocycles. The summed E-state index contributed by atoms with van der Waals surface area (Å²) in [6, 6.07) is 11.3. The van der Waals surface area contributed by atoms with Crippen LogP contribution in [0.1, 0.15) is 19.4 Å². The summed E-state index contributed by atoms with van der Waals surface area (Å²) < 4.78 is 15.9. The highest BCUT2D eigenvalue weighted by atomic mass is 16.5. The molecule has 0 aromatic heterocycles. The number of nitrogens with one attached hydrogen (secondary N) is 2. The number of rotatable bonds is 9. The number of ether oxygens (including phenoxy) is 3. The number of amides is 2. The minimum Gasteiger partial charge on any atom is -0.494 e. The number of benzene rings is 2. The van der Waals surface area contributed by atoms with Gasteiger partial charge in [-0.15, -0.1) is 0 Å². The molecule has 0 unspecified atom stereocenters. The monoisotopic (exact) mass is 401 g/mol. The number of nitrogens with zero attached hydrogens (tertiary/aromatic N) is 1. The van der Waals surface area contributed by atoms with Gasteiger partial charge in [-0.1, -0.05) is 0 Å². The second-order valence-electron chi connectivity index (χ2n) is 5.79. The maximum Gasteiger partial charge on any atom is 0.344 e. The number of methoxy groups -OCH3 is 1. The quantitative estimate of drug-likeness (QED) is 0.439. The van der Waals surface area contributed by atoms with Gasteiger partial charge in [0.25, 0.3) is 0 Å². The Hall–Kier alpha value is -3.75. The van der Waals surface area contributed by atoms with Crippen molar-refractivity contribution in [3.63, 3.8) is 0 Å². The third-order valence-electron chi connectivity index (χ3n) is 3.64. The summed E-state index contributed by atoms with van der Waals surface area (Å²) in [6.45, 7) is 3.88. The number of hydrogen-bond acceptors (Lipinski definition) is 6. The minimum atomic E-state index is -1.08. The highest BCUT2D eigenvalue weighted by Gasteiger charge is 2.15. The summed E-state index contributed by atoms with van der Waals surface area (Å²) in [5.41, 5.74) is 3.57. The number of carbonyl (C=O) groups is 2. The molecular formula is C20H23N3O6. The van der Waals surface area contributed by atoms with E-state index in [-0.39, 0.29) is 0 Å². The first-order chi connectivity index (χ1) is 13.9. The zero-order chi connectivity index (χ0) is 21.2. The largest absolute Gasteiger partial charge is 0.494 e. The van der Waals surface area contributed by atoms with E-state index in [0.717, 1.165) is 5.75 Å². The number of carboxylic acids is 1. The molecule has 9 heteroatoms. The van der Waals surface area contributed by atoms with Crippen LogP contribution in [0.4, 0.5) is 10.5 Å². The first kappa shape index (κ1) is 21.5. The normalized spacial score (nSPS) is 11.6. The molecule has 0 aliphatic carbocycles. The summed E-state index contributed by atoms with van der Waals surface area (Å²) in [6.07, 6.45) is 0.404. The van der Waals surface area contributed by atoms with Gasteiger partial charge in [-0.2, -0.15) is 5.10 Å². The van der Waals surface area contributed by atoms with Crippen LogP contribution in [-0.4, -0.2) is 43.1 Å². The van der Waals surface area contributed by atoms with Crippen LogP contribution in [0.3, 0.4) is 0 Å². The molecule has 1 atom stereocenters. The van der Waals surface area contributed by atoms with E-state index in [4.69, 9.17) is 19.3 Å². The van der Waals surface area contributed by atoms with Crippen LogP contribution in [0.2, 0.25) is 0 Å². The Balaban J connectivity index is 1.93. The van der Waals surface area contributed by atoms with Crippen LogP contribution in [0.25, 0.3) is 0 Å². The van der Waals surface area contributed by atoms with Gasteiger partial charge in [0.15, 0.2) is 17.6 Å². The third kappa shape index (κ3) is 6.73. The number of carboxylic acid groups (broad SMARTS) is 1. The maximum absolute atomic E-state index is 11.9. The molecule has 0 radical (unpaired) electrons. The second-order valence-corrected chi connectivity index (χ2v) is 5.79. The van der Waals surface area contributed by atoms with E-state index in [1.54, 1.807) is 42.5 Å². The predicted octanol–water partition coefficient (Wildman–Crippen LogP) is 3.10. The van der Waals surface area contributed by atoms with Gasteiger partial charge in [-0.3, -0.25) is 0 Å². The fraction of sp³-hybridized carbons (Fsp3) is 0.250. The number of hydrazone groups is 1. The molecule has 0 saturated carbocycles. The Kier molecular flexibility index (Phi) is 7.84. The molecule has 0 aliphatic rings. The van der Waals surface area contributed by atoms with Gasteiger partial charge in [-0.05, 0) is 61.9 Å². The standard InChI is InChI=1S/C20H23N3O6/c1-4-28-16-8-6-15(7-9-16)22-20(26)23-21-12-14-5-10-17(18(11-14)27-3)29-13(2)19(24)25/h5-13H,4H2,1-3H3,(H,24,25)(H2,22,23,26)/b21-12+/t13-/m1/s1. The molecule has 2 aromatic carbocycles. The van der Waals surface area contributed by atoms with E-state index in [0.29, 0.717) is 29.4 Å². The van der Waals surface area contributed by atoms with E-state index in [2.05, 4.69) is 15.8 Å². The number of anilines is 1. The van der Waals surface area contributed by atoms with E-state index < -0.39 is 18.1 Å². The number of aliphatic carboxylic acids is 1. The van der Waals surface area contributed by atoms with Gasteiger partial charge in [0, 0.05) is 5.69 Å². The molecule has 0 bridgehead atoms.